The molecule has 0 spiro atoms. The number of para-hydroxylation sites is 1. The molecule has 2 aromatic rings. The number of amidine groups is 1. The molecule has 2 saturated carbocycles. The highest BCUT2D eigenvalue weighted by atomic mass is 32.2. The molecule has 1 saturated heterocycles. The summed E-state index contributed by atoms with van der Waals surface area (Å²) in [6.07, 6.45) is 13.1. The number of nitrogens with zero attached hydrogens (tertiary/aromatic N) is 3. The number of carbonyl (C=O) groups is 1. The first kappa shape index (κ1) is 21.6. The molecule has 3 aliphatic rings. The molecule has 32 heavy (non-hydrogen) atoms. The molecule has 1 aromatic heterocycles. The Kier molecular flexibility index (Phi) is 6.27. The number of rotatable bonds is 4. The predicted octanol–water partition coefficient (Wildman–Crippen LogP) is 7.16. The highest BCUT2D eigenvalue weighted by Gasteiger charge is 2.39. The third-order valence-corrected chi connectivity index (χ3v) is 8.24. The normalized spacial score (nSPS) is 23.2. The summed E-state index contributed by atoms with van der Waals surface area (Å²) in [6, 6.07) is 13.2. The van der Waals surface area contributed by atoms with Gasteiger partial charge in [0.25, 0.3) is 5.91 Å². The number of aromatic nitrogens is 1. The quantitative estimate of drug-likeness (QED) is 0.466. The third-order valence-electron chi connectivity index (χ3n) is 7.26. The fraction of sp³-hybridized carbons (Fsp3) is 0.481. The number of benzene rings is 1. The lowest BCUT2D eigenvalue weighted by Gasteiger charge is -2.30. The van der Waals surface area contributed by atoms with Gasteiger partial charge in [-0.25, -0.2) is 4.99 Å². The molecule has 168 valence electrons. The van der Waals surface area contributed by atoms with E-state index in [4.69, 9.17) is 4.99 Å². The summed E-state index contributed by atoms with van der Waals surface area (Å²) in [5, 5.41) is 0.837. The van der Waals surface area contributed by atoms with Gasteiger partial charge in [0.2, 0.25) is 0 Å². The second-order valence-corrected chi connectivity index (χ2v) is 10.5. The Balaban J connectivity index is 1.49. The molecule has 2 aliphatic carbocycles. The molecular weight excluding hydrogens is 414 g/mol. The Morgan fingerprint density at radius 1 is 0.938 bits per heavy atom. The van der Waals surface area contributed by atoms with Gasteiger partial charge in [-0.15, -0.1) is 0 Å². The number of hydrogen-bond acceptors (Lipinski definition) is 3. The van der Waals surface area contributed by atoms with Crippen molar-refractivity contribution in [1.82, 2.24) is 9.47 Å². The van der Waals surface area contributed by atoms with Gasteiger partial charge in [-0.3, -0.25) is 9.69 Å². The molecule has 0 unspecified atom stereocenters. The lowest BCUT2D eigenvalue weighted by atomic mass is 9.94. The first-order chi connectivity index (χ1) is 15.6. The van der Waals surface area contributed by atoms with Crippen molar-refractivity contribution < 1.29 is 4.79 Å². The van der Waals surface area contributed by atoms with Crippen molar-refractivity contribution >= 4 is 34.6 Å². The Labute approximate surface area is 195 Å². The van der Waals surface area contributed by atoms with Gasteiger partial charge in [-0.2, -0.15) is 0 Å². The highest BCUT2D eigenvalue weighted by Crippen LogP contribution is 2.40. The van der Waals surface area contributed by atoms with Gasteiger partial charge in [-0.05, 0) is 81.1 Å². The van der Waals surface area contributed by atoms with Crippen molar-refractivity contribution in [1.29, 1.82) is 0 Å². The number of amides is 1. The van der Waals surface area contributed by atoms with Gasteiger partial charge in [0.15, 0.2) is 5.17 Å². The summed E-state index contributed by atoms with van der Waals surface area (Å²) in [5.41, 5.74) is 4.67. The second-order valence-electron chi connectivity index (χ2n) is 9.44. The zero-order valence-corrected chi connectivity index (χ0v) is 20.0. The SMILES string of the molecule is Cc1cc(/C=C2\SC(=Nc3ccccc3)N(C3CCCCC3)C2=O)c(C)n1C1CCCC1. The smallest absolute Gasteiger partial charge is 0.267 e. The molecule has 1 aromatic carbocycles. The molecule has 1 amide bonds. The van der Waals surface area contributed by atoms with Gasteiger partial charge in [-0.1, -0.05) is 50.3 Å². The molecule has 4 nitrogen and oxygen atoms in total. The Bertz CT molecular complexity index is 1040. The van der Waals surface area contributed by atoms with Gasteiger partial charge >= 0.3 is 0 Å². The first-order valence-electron chi connectivity index (χ1n) is 12.2. The molecule has 1 aliphatic heterocycles. The molecular formula is C27H33N3OS. The predicted molar refractivity (Wildman–Crippen MR) is 134 cm³/mol. The Hall–Kier alpha value is -2.27. The van der Waals surface area contributed by atoms with E-state index >= 15 is 0 Å². The van der Waals surface area contributed by atoms with E-state index in [0.717, 1.165) is 28.6 Å². The largest absolute Gasteiger partial charge is 0.346 e. The van der Waals surface area contributed by atoms with Crippen LogP contribution in [0.4, 0.5) is 5.69 Å². The highest BCUT2D eigenvalue weighted by molar-refractivity contribution is 8.18. The van der Waals surface area contributed by atoms with Crippen LogP contribution in [0.1, 0.15) is 80.8 Å². The average molecular weight is 448 g/mol. The fourth-order valence-electron chi connectivity index (χ4n) is 5.65. The number of thioether (sulfide) groups is 1. The van der Waals surface area contributed by atoms with Crippen LogP contribution >= 0.6 is 11.8 Å². The number of aryl methyl sites for hydroxylation is 1. The van der Waals surface area contributed by atoms with Crippen LogP contribution in [0.5, 0.6) is 0 Å². The van der Waals surface area contributed by atoms with E-state index in [0.29, 0.717) is 6.04 Å². The zero-order chi connectivity index (χ0) is 22.1. The van der Waals surface area contributed by atoms with Crippen LogP contribution in [-0.2, 0) is 4.79 Å². The molecule has 2 heterocycles. The van der Waals surface area contributed by atoms with E-state index < -0.39 is 0 Å². The summed E-state index contributed by atoms with van der Waals surface area (Å²) >= 11 is 1.54. The summed E-state index contributed by atoms with van der Waals surface area (Å²) in [4.78, 5) is 21.3. The molecule has 0 bridgehead atoms. The molecule has 3 fully saturated rings. The minimum absolute atomic E-state index is 0.127. The van der Waals surface area contributed by atoms with Gasteiger partial charge in [0.05, 0.1) is 10.6 Å². The molecule has 5 rings (SSSR count). The maximum atomic E-state index is 13.6. The topological polar surface area (TPSA) is 37.6 Å². The van der Waals surface area contributed by atoms with E-state index in [2.05, 4.69) is 30.6 Å². The van der Waals surface area contributed by atoms with Gasteiger partial charge in [0.1, 0.15) is 0 Å². The maximum Gasteiger partial charge on any atom is 0.267 e. The molecule has 5 heteroatoms. The van der Waals surface area contributed by atoms with Crippen LogP contribution in [0, 0.1) is 13.8 Å². The summed E-state index contributed by atoms with van der Waals surface area (Å²) in [6.45, 7) is 4.41. The Morgan fingerprint density at radius 3 is 2.31 bits per heavy atom. The minimum atomic E-state index is 0.127. The van der Waals surface area contributed by atoms with Gasteiger partial charge in [0, 0.05) is 23.5 Å². The van der Waals surface area contributed by atoms with Crippen molar-refractivity contribution in [2.45, 2.75) is 83.7 Å². The molecule has 0 N–H and O–H groups in total. The van der Waals surface area contributed by atoms with Crippen molar-refractivity contribution in [2.75, 3.05) is 0 Å². The number of carbonyl (C=O) groups excluding carboxylic acids is 1. The van der Waals surface area contributed by atoms with Crippen LogP contribution in [0.25, 0.3) is 6.08 Å². The van der Waals surface area contributed by atoms with Crippen LogP contribution in [0.3, 0.4) is 0 Å². The van der Waals surface area contributed by atoms with Crippen molar-refractivity contribution in [2.24, 2.45) is 4.99 Å². The monoisotopic (exact) mass is 447 g/mol. The lowest BCUT2D eigenvalue weighted by molar-refractivity contribution is -0.124. The Morgan fingerprint density at radius 2 is 1.59 bits per heavy atom. The standard InChI is InChI=1S/C27H33N3OS/c1-19-17-21(20(2)29(19)23-15-9-10-16-23)18-25-26(31)30(24-13-7-4-8-14-24)27(32-25)28-22-11-5-3-6-12-22/h3,5-6,11-12,17-18,23-24H,4,7-10,13-16H2,1-2H3/b25-18-,28-27?. The first-order valence-corrected chi connectivity index (χ1v) is 13.0. The summed E-state index contributed by atoms with van der Waals surface area (Å²) in [7, 11) is 0. The minimum Gasteiger partial charge on any atom is -0.346 e. The van der Waals surface area contributed by atoms with Crippen LogP contribution in [-0.4, -0.2) is 26.6 Å². The van der Waals surface area contributed by atoms with E-state index in [9.17, 15) is 4.79 Å². The molecule has 0 atom stereocenters. The van der Waals surface area contributed by atoms with Gasteiger partial charge < -0.3 is 4.57 Å². The van der Waals surface area contributed by atoms with E-state index in [1.807, 2.05) is 35.2 Å². The van der Waals surface area contributed by atoms with Crippen molar-refractivity contribution in [3.8, 4) is 0 Å². The van der Waals surface area contributed by atoms with Crippen molar-refractivity contribution in [3.05, 3.63) is 58.3 Å². The maximum absolute atomic E-state index is 13.6. The lowest BCUT2D eigenvalue weighted by Crippen LogP contribution is -2.40. The molecule has 0 radical (unpaired) electrons. The average Bonchev–Trinajstić information content (AvgIpc) is 3.49. The second kappa shape index (κ2) is 9.30. The number of aliphatic imine (C=N–C) groups is 1. The zero-order valence-electron chi connectivity index (χ0n) is 19.2. The summed E-state index contributed by atoms with van der Waals surface area (Å²) < 4.78 is 2.50. The number of hydrogen-bond donors (Lipinski definition) is 0. The van der Waals surface area contributed by atoms with Crippen LogP contribution in [0.15, 0.2) is 46.3 Å². The van der Waals surface area contributed by atoms with E-state index in [-0.39, 0.29) is 11.9 Å². The van der Waals surface area contributed by atoms with Crippen LogP contribution in [0.2, 0.25) is 0 Å². The summed E-state index contributed by atoms with van der Waals surface area (Å²) in [5.74, 6) is 0.127. The van der Waals surface area contributed by atoms with Crippen LogP contribution < -0.4 is 0 Å². The van der Waals surface area contributed by atoms with Crippen molar-refractivity contribution in [3.63, 3.8) is 0 Å². The fourth-order valence-corrected chi connectivity index (χ4v) is 6.70. The van der Waals surface area contributed by atoms with E-state index in [1.54, 1.807) is 11.8 Å². The third kappa shape index (κ3) is 4.19. The van der Waals surface area contributed by atoms with E-state index in [1.165, 1.54) is 61.9 Å².